The van der Waals surface area contributed by atoms with Gasteiger partial charge >= 0.3 is 126 Å². The van der Waals surface area contributed by atoms with Crippen molar-refractivity contribution in [2.45, 2.75) is 24.5 Å². The maximum absolute atomic E-state index is 10.5. The zero-order valence-corrected chi connectivity index (χ0v) is 12.8. The summed E-state index contributed by atoms with van der Waals surface area (Å²) in [5.74, 6) is 0.364. The number of nitrogens with two attached hydrogens (primary N) is 1. The van der Waals surface area contributed by atoms with Crippen molar-refractivity contribution in [1.82, 2.24) is 14.5 Å². The Hall–Kier alpha value is -1.29. The number of aliphatic hydroxyl groups excluding tert-OH is 1. The molecule has 0 aliphatic carbocycles. The van der Waals surface area contributed by atoms with Crippen LogP contribution in [0.3, 0.4) is 0 Å². The summed E-state index contributed by atoms with van der Waals surface area (Å²) in [6.45, 7) is 0.188. The third kappa shape index (κ3) is 2.11. The van der Waals surface area contributed by atoms with E-state index < -0.39 is 32.4 Å². The summed E-state index contributed by atoms with van der Waals surface area (Å²) >= 11 is 0. The molecule has 22 heavy (non-hydrogen) atoms. The number of anilines is 1. The van der Waals surface area contributed by atoms with Gasteiger partial charge in [0.2, 0.25) is 0 Å². The molecule has 2 aromatic rings. The summed E-state index contributed by atoms with van der Waals surface area (Å²) in [7, 11) is -1.67. The fourth-order valence-electron chi connectivity index (χ4n) is 2.95. The van der Waals surface area contributed by atoms with Crippen LogP contribution < -0.4 is 5.73 Å². The second-order valence-corrected chi connectivity index (χ2v) is 7.89. The van der Waals surface area contributed by atoms with Crippen LogP contribution in [0.4, 0.5) is 5.82 Å². The molecule has 4 rings (SSSR count). The molecule has 0 radical (unpaired) electrons. The van der Waals surface area contributed by atoms with Crippen molar-refractivity contribution >= 4 is 32.2 Å². The summed E-state index contributed by atoms with van der Waals surface area (Å²) in [6, 6.07) is 1.77. The van der Waals surface area contributed by atoms with Crippen LogP contribution in [-0.4, -0.2) is 57.0 Å². The van der Waals surface area contributed by atoms with Crippen LogP contribution in [0.25, 0.3) is 11.0 Å². The number of fused-ring (bicyclic) bond motifs is 2. The first-order valence-corrected chi connectivity index (χ1v) is 9.17. The summed E-state index contributed by atoms with van der Waals surface area (Å²) in [4.78, 5) is 18.1. The van der Waals surface area contributed by atoms with E-state index in [0.717, 1.165) is 0 Å². The van der Waals surface area contributed by atoms with Crippen molar-refractivity contribution in [3.63, 3.8) is 0 Å². The Morgan fingerprint density at radius 1 is 1.45 bits per heavy atom. The van der Waals surface area contributed by atoms with Gasteiger partial charge in [0.15, 0.2) is 0 Å². The van der Waals surface area contributed by atoms with Gasteiger partial charge < -0.3 is 0 Å². The van der Waals surface area contributed by atoms with Gasteiger partial charge in [-0.3, -0.25) is 0 Å². The van der Waals surface area contributed by atoms with Gasteiger partial charge in [0.1, 0.15) is 0 Å². The predicted molar refractivity (Wildman–Crippen MR) is 81.8 cm³/mol. The first-order valence-electron chi connectivity index (χ1n) is 6.91. The van der Waals surface area contributed by atoms with E-state index in [-0.39, 0.29) is 6.61 Å². The van der Waals surface area contributed by atoms with E-state index in [4.69, 9.17) is 19.5 Å². The molecular weight excluding hydrogens is 310 g/mol. The number of nitrogens with zero attached hydrogens (tertiary/aromatic N) is 3. The standard InChI is InChI=1S/C11H16BN4O5P/c12-22(18)19-3-6-8(21-22)7(17)11(20-6)16-2-1-5-9(13)14-4-15-10(5)16/h1-2,4,6-8,11,17-18,22H,3,12H2,(H2,13,14,15)/t6?,7-,8?,11+/m0/s1. The first kappa shape index (κ1) is 14.3. The predicted octanol–water partition coefficient (Wildman–Crippen LogP) is -1.28. The third-order valence-corrected chi connectivity index (χ3v) is 5.41. The Morgan fingerprint density at radius 3 is 3.09 bits per heavy atom. The normalized spacial score (nSPS) is 35.4. The Bertz CT molecular complexity index is 728. The van der Waals surface area contributed by atoms with Crippen molar-refractivity contribution in [1.29, 1.82) is 0 Å². The summed E-state index contributed by atoms with van der Waals surface area (Å²) in [6.07, 6.45) is 0.395. The van der Waals surface area contributed by atoms with Crippen molar-refractivity contribution in [2.75, 3.05) is 12.3 Å². The molecule has 4 atom stereocenters. The van der Waals surface area contributed by atoms with E-state index in [1.54, 1.807) is 16.8 Å². The molecular formula is C11H16BN4O5P. The third-order valence-electron chi connectivity index (χ3n) is 3.99. The molecule has 4 heterocycles. The molecule has 2 aromatic heterocycles. The van der Waals surface area contributed by atoms with E-state index in [1.165, 1.54) is 13.9 Å². The molecule has 0 spiro atoms. The number of nitrogen functional groups attached to an aromatic ring is 1. The summed E-state index contributed by atoms with van der Waals surface area (Å²) in [5.41, 5.74) is 6.38. The fraction of sp³-hybridized carbons (Fsp3) is 0.455. The molecule has 4 N–H and O–H groups in total. The van der Waals surface area contributed by atoms with Gasteiger partial charge in [-0.15, -0.1) is 0 Å². The molecule has 2 saturated heterocycles. The van der Waals surface area contributed by atoms with Crippen LogP contribution in [0.2, 0.25) is 0 Å². The van der Waals surface area contributed by atoms with Crippen molar-refractivity contribution in [2.24, 2.45) is 0 Å². The van der Waals surface area contributed by atoms with Crippen LogP contribution in [-0.2, 0) is 13.8 Å². The molecule has 2 aliphatic heterocycles. The average Bonchev–Trinajstić information content (AvgIpc) is 3.01. The van der Waals surface area contributed by atoms with Gasteiger partial charge in [-0.2, -0.15) is 0 Å². The Kier molecular flexibility index (Phi) is 3.16. The van der Waals surface area contributed by atoms with E-state index in [9.17, 15) is 10.00 Å². The van der Waals surface area contributed by atoms with Crippen molar-refractivity contribution in [3.05, 3.63) is 18.6 Å². The van der Waals surface area contributed by atoms with Gasteiger partial charge in [0.05, 0.1) is 0 Å². The van der Waals surface area contributed by atoms with Gasteiger partial charge in [0.25, 0.3) is 0 Å². The van der Waals surface area contributed by atoms with Crippen LogP contribution in [0, 0.1) is 0 Å². The Balaban J connectivity index is 1.70. The van der Waals surface area contributed by atoms with E-state index in [1.807, 2.05) is 0 Å². The molecule has 0 aromatic carbocycles. The Morgan fingerprint density at radius 2 is 2.27 bits per heavy atom. The number of rotatable bonds is 1. The van der Waals surface area contributed by atoms with E-state index in [2.05, 4.69) is 9.97 Å². The average molecular weight is 326 g/mol. The van der Waals surface area contributed by atoms with Crippen LogP contribution in [0.15, 0.2) is 18.6 Å². The van der Waals surface area contributed by atoms with Gasteiger partial charge in [-0.25, -0.2) is 0 Å². The minimum absolute atomic E-state index is 0.188. The molecule has 0 bridgehead atoms. The SMILES string of the molecule is B[PH]1(O)OCC2O[C@@H](n3ccc4c(N)ncnc43)[C@@H](O)C2O1. The van der Waals surface area contributed by atoms with Gasteiger partial charge in [-0.1, -0.05) is 0 Å². The molecule has 2 unspecified atom stereocenters. The van der Waals surface area contributed by atoms with Gasteiger partial charge in [0, 0.05) is 0 Å². The van der Waals surface area contributed by atoms with Crippen molar-refractivity contribution < 1.29 is 23.8 Å². The number of hydrogen-bond acceptors (Lipinski definition) is 8. The summed E-state index contributed by atoms with van der Waals surface area (Å²) < 4.78 is 18.3. The molecule has 118 valence electrons. The number of ether oxygens (including phenoxy) is 1. The molecule has 0 saturated carbocycles. The number of aliphatic hydroxyl groups is 1. The molecule has 9 nitrogen and oxygen atoms in total. The van der Waals surface area contributed by atoms with Crippen LogP contribution in [0.5, 0.6) is 0 Å². The second kappa shape index (κ2) is 4.85. The monoisotopic (exact) mass is 326 g/mol. The van der Waals surface area contributed by atoms with E-state index >= 15 is 0 Å². The molecule has 0 amide bonds. The minimum atomic E-state index is -3.19. The summed E-state index contributed by atoms with van der Waals surface area (Å²) in [5, 5.41) is 11.2. The zero-order chi connectivity index (χ0) is 15.5. The number of hydrogen-bond donors (Lipinski definition) is 3. The zero-order valence-electron chi connectivity index (χ0n) is 11.8. The first-order chi connectivity index (χ1) is 10.5. The topological polar surface area (TPSA) is 125 Å². The molecule has 2 fully saturated rings. The van der Waals surface area contributed by atoms with Crippen molar-refractivity contribution in [3.8, 4) is 0 Å². The van der Waals surface area contributed by atoms with Crippen LogP contribution >= 0.6 is 7.82 Å². The maximum atomic E-state index is 10.5. The molecule has 2 aliphatic rings. The van der Waals surface area contributed by atoms with Gasteiger partial charge in [-0.05, 0) is 0 Å². The Labute approximate surface area is 127 Å². The second-order valence-electron chi connectivity index (χ2n) is 5.57. The van der Waals surface area contributed by atoms with Crippen LogP contribution in [0.1, 0.15) is 6.23 Å². The van der Waals surface area contributed by atoms with E-state index in [0.29, 0.717) is 16.9 Å². The number of aromatic nitrogens is 3. The molecule has 11 heteroatoms. The fourth-order valence-corrected chi connectivity index (χ4v) is 4.29. The quantitative estimate of drug-likeness (QED) is 0.437.